The number of aromatic nitrogens is 2. The van der Waals surface area contributed by atoms with Gasteiger partial charge in [0.2, 0.25) is 0 Å². The van der Waals surface area contributed by atoms with Crippen molar-refractivity contribution >= 4 is 29.3 Å². The van der Waals surface area contributed by atoms with E-state index in [2.05, 4.69) is 28.4 Å². The van der Waals surface area contributed by atoms with Crippen LogP contribution in [0.25, 0.3) is 5.82 Å². The Bertz CT molecular complexity index is 1200. The van der Waals surface area contributed by atoms with Crippen molar-refractivity contribution < 1.29 is 61.4 Å². The van der Waals surface area contributed by atoms with Gasteiger partial charge in [0, 0.05) is 0 Å². The van der Waals surface area contributed by atoms with Gasteiger partial charge in [0.25, 0.3) is 0 Å². The molecule has 1 aromatic heterocycles. The maximum absolute atomic E-state index is 12.3. The molecule has 3 heterocycles. The van der Waals surface area contributed by atoms with Crippen LogP contribution in [0.15, 0.2) is 9.79 Å². The molecule has 1 saturated heterocycles. The number of aliphatic hydroxyl groups is 2. The number of aliphatic hydroxyl groups excluding tert-OH is 2. The fourth-order valence-electron chi connectivity index (χ4n) is 2.86. The van der Waals surface area contributed by atoms with Crippen LogP contribution in [0.5, 0.6) is 0 Å². The van der Waals surface area contributed by atoms with Crippen LogP contribution < -0.4 is 27.6 Å². The SMILES string of the molecule is NC1=c2[nH]c(=O)n([C@@H]3O[C@H](COP(=O)(O)OP(=O)(O)OP(=O)(O)O)[C@@H](O)[C@H]3O)c2=NCN1. The monoisotopic (exact) mass is 525 g/mol. The topological polar surface area (TPSA) is 298 Å². The van der Waals surface area contributed by atoms with Crippen LogP contribution in [0, 0.1) is 0 Å². The van der Waals surface area contributed by atoms with Gasteiger partial charge >= 0.3 is 29.2 Å². The predicted molar refractivity (Wildman–Crippen MR) is 97.2 cm³/mol. The number of hydrogen-bond donors (Lipinski definition) is 9. The zero-order valence-corrected chi connectivity index (χ0v) is 18.2. The van der Waals surface area contributed by atoms with Crippen LogP contribution in [0.3, 0.4) is 0 Å². The van der Waals surface area contributed by atoms with E-state index in [0.29, 0.717) is 0 Å². The smallest absolute Gasteiger partial charge is 0.387 e. The minimum Gasteiger partial charge on any atom is -0.387 e. The minimum atomic E-state index is -5.74. The first kappa shape index (κ1) is 25.2. The largest absolute Gasteiger partial charge is 0.490 e. The highest BCUT2D eigenvalue weighted by molar-refractivity contribution is 7.66. The lowest BCUT2D eigenvalue weighted by Crippen LogP contribution is -2.46. The Morgan fingerprint density at radius 1 is 1.12 bits per heavy atom. The molecular weight excluding hydrogens is 507 g/mol. The van der Waals surface area contributed by atoms with Crippen molar-refractivity contribution in [2.75, 3.05) is 13.3 Å². The molecule has 0 spiro atoms. The summed E-state index contributed by atoms with van der Waals surface area (Å²) >= 11 is 0. The number of aromatic amines is 1. The maximum Gasteiger partial charge on any atom is 0.490 e. The summed E-state index contributed by atoms with van der Waals surface area (Å²) in [6.07, 6.45) is -6.65. The van der Waals surface area contributed by atoms with Gasteiger partial charge in [-0.1, -0.05) is 0 Å². The molecule has 0 radical (unpaired) electrons. The Labute approximate surface area is 176 Å². The van der Waals surface area contributed by atoms with Gasteiger partial charge in [-0.05, 0) is 0 Å². The third-order valence-electron chi connectivity index (χ3n) is 4.08. The molecule has 2 aliphatic heterocycles. The number of nitrogens with two attached hydrogens (primary N) is 1. The molecule has 0 bridgehead atoms. The van der Waals surface area contributed by atoms with E-state index in [1.807, 2.05) is 0 Å². The summed E-state index contributed by atoms with van der Waals surface area (Å²) < 4.78 is 51.4. The highest BCUT2D eigenvalue weighted by Crippen LogP contribution is 2.66. The standard InChI is InChI=1S/C10H18N5O14P3/c11-7-4-8(13-2-12-7)15(10(18)14-4)9-6(17)5(16)3(27-9)1-26-31(22,23)29-32(24,25)28-30(19,20)21/h3,5-6,9,12,16-17H,1-2,11H2,(H,14,18)(H,22,23)(H,24,25)(H2,19,20,21)/t3-,5-,6-,9-/m1/s1. The summed E-state index contributed by atoms with van der Waals surface area (Å²) in [7, 11) is -16.8. The van der Waals surface area contributed by atoms with Crippen molar-refractivity contribution in [3.8, 4) is 0 Å². The molecule has 32 heavy (non-hydrogen) atoms. The number of hydrogen-bond acceptors (Lipinski definition) is 13. The number of ether oxygens (including phenoxy) is 1. The quantitative estimate of drug-likeness (QED) is 0.144. The van der Waals surface area contributed by atoms with Crippen LogP contribution in [0.2, 0.25) is 0 Å². The van der Waals surface area contributed by atoms with Crippen molar-refractivity contribution in [1.29, 1.82) is 0 Å². The lowest BCUT2D eigenvalue weighted by atomic mass is 10.1. The van der Waals surface area contributed by atoms with Crippen molar-refractivity contribution in [3.05, 3.63) is 21.3 Å². The molecule has 3 rings (SSSR count). The lowest BCUT2D eigenvalue weighted by Gasteiger charge is -2.19. The molecule has 0 aliphatic carbocycles. The summed E-state index contributed by atoms with van der Waals surface area (Å²) in [4.78, 5) is 54.3. The summed E-state index contributed by atoms with van der Waals surface area (Å²) in [6.45, 7) is -1.04. The second-order valence-electron chi connectivity index (χ2n) is 6.34. The van der Waals surface area contributed by atoms with Gasteiger partial charge in [-0.25, -0.2) is 28.0 Å². The molecule has 19 nitrogen and oxygen atoms in total. The molecule has 0 aromatic carbocycles. The Morgan fingerprint density at radius 3 is 2.41 bits per heavy atom. The molecule has 6 atom stereocenters. The third kappa shape index (κ3) is 5.55. The van der Waals surface area contributed by atoms with Gasteiger partial charge < -0.3 is 50.6 Å². The maximum atomic E-state index is 12.3. The first-order valence-corrected chi connectivity index (χ1v) is 12.8. The normalized spacial score (nSPS) is 29.5. The van der Waals surface area contributed by atoms with Crippen LogP contribution >= 0.6 is 23.5 Å². The summed E-state index contributed by atoms with van der Waals surface area (Å²) in [5, 5.41) is 23.2. The van der Waals surface area contributed by atoms with E-state index < -0.39 is 60.3 Å². The average Bonchev–Trinajstić information content (AvgIpc) is 3.08. The molecule has 22 heteroatoms. The van der Waals surface area contributed by atoms with Crippen molar-refractivity contribution in [3.63, 3.8) is 0 Å². The van der Waals surface area contributed by atoms with Crippen molar-refractivity contribution in [2.45, 2.75) is 24.5 Å². The van der Waals surface area contributed by atoms with Crippen molar-refractivity contribution in [2.24, 2.45) is 10.7 Å². The van der Waals surface area contributed by atoms with Crippen LogP contribution in [-0.2, 0) is 31.6 Å². The molecule has 1 fully saturated rings. The fourth-order valence-corrected chi connectivity index (χ4v) is 5.89. The van der Waals surface area contributed by atoms with E-state index >= 15 is 0 Å². The average molecular weight is 525 g/mol. The van der Waals surface area contributed by atoms with E-state index in [1.165, 1.54) is 0 Å². The number of H-pyrrole nitrogens is 1. The van der Waals surface area contributed by atoms with E-state index in [4.69, 9.17) is 25.2 Å². The molecular formula is C10H18N5O14P3. The number of phosphoric acid groups is 3. The zero-order chi connectivity index (χ0) is 24.1. The number of nitrogens with one attached hydrogen (secondary N) is 2. The number of fused-ring (bicyclic) bond motifs is 1. The molecule has 2 unspecified atom stereocenters. The molecule has 1 aromatic rings. The van der Waals surface area contributed by atoms with Gasteiger partial charge in [-0.3, -0.25) is 4.52 Å². The van der Waals surface area contributed by atoms with Gasteiger partial charge in [0.1, 0.15) is 36.2 Å². The third-order valence-corrected chi connectivity index (χ3v) is 7.88. The fraction of sp³-hybridized carbons (Fsp3) is 0.600. The predicted octanol–water partition coefficient (Wildman–Crippen LogP) is -4.66. The molecule has 0 saturated carbocycles. The minimum absolute atomic E-state index is 0.00301. The van der Waals surface area contributed by atoms with Crippen LogP contribution in [-0.4, -0.2) is 70.9 Å². The van der Waals surface area contributed by atoms with Gasteiger partial charge in [-0.2, -0.15) is 8.62 Å². The summed E-state index contributed by atoms with van der Waals surface area (Å²) in [5.41, 5.74) is 4.90. The Hall–Kier alpha value is -1.43. The molecule has 0 amide bonds. The number of nitrogens with zero attached hydrogens (tertiary/aromatic N) is 2. The van der Waals surface area contributed by atoms with Crippen LogP contribution in [0.4, 0.5) is 0 Å². The second kappa shape index (κ2) is 8.73. The van der Waals surface area contributed by atoms with Gasteiger partial charge in [0.05, 0.1) is 6.61 Å². The molecule has 2 aliphatic rings. The lowest BCUT2D eigenvalue weighted by molar-refractivity contribution is -0.0552. The van der Waals surface area contributed by atoms with E-state index in [-0.39, 0.29) is 23.3 Å². The number of rotatable bonds is 8. The van der Waals surface area contributed by atoms with E-state index in [0.717, 1.165) is 4.57 Å². The van der Waals surface area contributed by atoms with Crippen LogP contribution in [0.1, 0.15) is 6.23 Å². The first-order valence-electron chi connectivity index (χ1n) is 8.29. The second-order valence-corrected chi connectivity index (χ2v) is 10.8. The van der Waals surface area contributed by atoms with E-state index in [1.54, 1.807) is 0 Å². The Balaban J connectivity index is 1.74. The highest BCUT2D eigenvalue weighted by Gasteiger charge is 2.47. The highest BCUT2D eigenvalue weighted by atomic mass is 31.3. The van der Waals surface area contributed by atoms with E-state index in [9.17, 15) is 33.6 Å². The summed E-state index contributed by atoms with van der Waals surface area (Å²) in [5.74, 6) is 0.0862. The molecule has 182 valence electrons. The Kier molecular flexibility index (Phi) is 6.88. The zero-order valence-electron chi connectivity index (χ0n) is 15.5. The van der Waals surface area contributed by atoms with Crippen molar-refractivity contribution in [1.82, 2.24) is 14.9 Å². The number of phosphoric ester groups is 1. The summed E-state index contributed by atoms with van der Waals surface area (Å²) in [6, 6.07) is 0. The molecule has 10 N–H and O–H groups in total. The first-order chi connectivity index (χ1) is 14.6. The van der Waals surface area contributed by atoms with Gasteiger partial charge in [0.15, 0.2) is 11.7 Å². The number of imidazole rings is 1. The Morgan fingerprint density at radius 2 is 1.78 bits per heavy atom. The van der Waals surface area contributed by atoms with Gasteiger partial charge in [-0.15, -0.1) is 0 Å².